The zero-order valence-electron chi connectivity index (χ0n) is 31.0. The molecule has 2 heterocycles. The highest BCUT2D eigenvalue weighted by Gasteiger charge is 2.24. The first-order valence-corrected chi connectivity index (χ1v) is 19.3. The summed E-state index contributed by atoms with van der Waals surface area (Å²) < 4.78 is 13.1. The SMILES string of the molecule is c1ccc(-c2ccc(-c3ccc(N(c4ccc(-c5cccc6oc7ccccc7c56)cc4)c4c(-c5ccccc5)ccc5c4oc4ccccc45)cc3)cc2)cc1. The van der Waals surface area contributed by atoms with Crippen LogP contribution in [-0.2, 0) is 0 Å². The van der Waals surface area contributed by atoms with Gasteiger partial charge in [0, 0.05) is 38.5 Å². The fraction of sp³-hybridized carbons (Fsp3) is 0. The van der Waals surface area contributed by atoms with Gasteiger partial charge in [-0.15, -0.1) is 0 Å². The summed E-state index contributed by atoms with van der Waals surface area (Å²) in [6, 6.07) is 75.1. The van der Waals surface area contributed by atoms with Gasteiger partial charge in [0.1, 0.15) is 16.7 Å². The first-order chi connectivity index (χ1) is 28.3. The molecular weight excluding hydrogens is 695 g/mol. The van der Waals surface area contributed by atoms with Gasteiger partial charge in [0.2, 0.25) is 0 Å². The fourth-order valence-electron chi connectivity index (χ4n) is 8.35. The Bertz CT molecular complexity index is 3200. The molecule has 9 aromatic carbocycles. The third kappa shape index (κ3) is 5.68. The number of benzene rings is 9. The summed E-state index contributed by atoms with van der Waals surface area (Å²) in [5, 5.41) is 4.42. The Morgan fingerprint density at radius 3 is 1.40 bits per heavy atom. The largest absolute Gasteiger partial charge is 0.456 e. The molecule has 57 heavy (non-hydrogen) atoms. The maximum Gasteiger partial charge on any atom is 0.160 e. The van der Waals surface area contributed by atoms with Crippen molar-refractivity contribution >= 4 is 60.9 Å². The predicted octanol–water partition coefficient (Wildman–Crippen LogP) is 15.6. The van der Waals surface area contributed by atoms with Gasteiger partial charge in [-0.3, -0.25) is 0 Å². The third-order valence-corrected chi connectivity index (χ3v) is 11.1. The maximum atomic E-state index is 6.83. The predicted molar refractivity (Wildman–Crippen MR) is 237 cm³/mol. The van der Waals surface area contributed by atoms with E-state index in [1.807, 2.05) is 18.2 Å². The molecular formula is C54H35NO2. The number of anilines is 3. The zero-order chi connectivity index (χ0) is 37.7. The molecule has 0 fully saturated rings. The fourth-order valence-corrected chi connectivity index (χ4v) is 8.35. The van der Waals surface area contributed by atoms with Gasteiger partial charge in [-0.1, -0.05) is 164 Å². The lowest BCUT2D eigenvalue weighted by molar-refractivity contribution is 0.668. The van der Waals surface area contributed by atoms with Crippen LogP contribution in [-0.4, -0.2) is 0 Å². The lowest BCUT2D eigenvalue weighted by Gasteiger charge is -2.28. The lowest BCUT2D eigenvalue weighted by atomic mass is 9.97. The summed E-state index contributed by atoms with van der Waals surface area (Å²) >= 11 is 0. The molecule has 0 bridgehead atoms. The number of hydrogen-bond donors (Lipinski definition) is 0. The van der Waals surface area contributed by atoms with Crippen LogP contribution in [0, 0.1) is 0 Å². The molecule has 0 atom stereocenters. The first kappa shape index (κ1) is 32.8. The van der Waals surface area contributed by atoms with Crippen molar-refractivity contribution in [2.24, 2.45) is 0 Å². The molecule has 0 radical (unpaired) electrons. The van der Waals surface area contributed by atoms with Crippen molar-refractivity contribution in [2.75, 3.05) is 4.90 Å². The van der Waals surface area contributed by atoms with E-state index in [1.54, 1.807) is 0 Å². The summed E-state index contributed by atoms with van der Waals surface area (Å²) in [6.45, 7) is 0. The van der Waals surface area contributed by atoms with Crippen molar-refractivity contribution < 1.29 is 8.83 Å². The van der Waals surface area contributed by atoms with Gasteiger partial charge in [-0.25, -0.2) is 0 Å². The summed E-state index contributed by atoms with van der Waals surface area (Å²) in [4.78, 5) is 2.35. The van der Waals surface area contributed by atoms with Crippen molar-refractivity contribution in [3.05, 3.63) is 212 Å². The standard InChI is InChI=1S/C54H35NO2/c1-3-12-36(13-4-1)37-22-24-38(25-23-37)39-26-30-42(31-27-39)55(43-32-28-41(29-33-43)44-18-11-21-51-52(44)48-17-8-10-20-50(48)56-51)53-45(40-14-5-2-6-15-40)34-35-47-46-16-7-9-19-49(46)57-54(47)53/h1-35H. The molecule has 0 unspecified atom stereocenters. The molecule has 0 saturated heterocycles. The van der Waals surface area contributed by atoms with Crippen molar-refractivity contribution in [1.29, 1.82) is 0 Å². The quantitative estimate of drug-likeness (QED) is 0.164. The van der Waals surface area contributed by atoms with Gasteiger partial charge in [-0.05, 0) is 87.5 Å². The van der Waals surface area contributed by atoms with Gasteiger partial charge in [0.15, 0.2) is 5.58 Å². The smallest absolute Gasteiger partial charge is 0.160 e. The van der Waals surface area contributed by atoms with Crippen LogP contribution in [0.3, 0.4) is 0 Å². The highest BCUT2D eigenvalue weighted by atomic mass is 16.3. The molecule has 0 saturated carbocycles. The number of nitrogens with zero attached hydrogens (tertiary/aromatic N) is 1. The molecule has 0 aliphatic heterocycles. The summed E-state index contributed by atoms with van der Waals surface area (Å²) in [7, 11) is 0. The van der Waals surface area contributed by atoms with Gasteiger partial charge in [0.05, 0.1) is 5.69 Å². The van der Waals surface area contributed by atoms with E-state index in [9.17, 15) is 0 Å². The molecule has 0 N–H and O–H groups in total. The second-order valence-electron chi connectivity index (χ2n) is 14.5. The van der Waals surface area contributed by atoms with Crippen LogP contribution in [0.2, 0.25) is 0 Å². The minimum absolute atomic E-state index is 0.844. The van der Waals surface area contributed by atoms with Gasteiger partial charge < -0.3 is 13.7 Å². The highest BCUT2D eigenvalue weighted by molar-refractivity contribution is 6.14. The topological polar surface area (TPSA) is 29.5 Å². The van der Waals surface area contributed by atoms with E-state index in [1.165, 1.54) is 16.7 Å². The Kier molecular flexibility index (Phi) is 7.82. The van der Waals surface area contributed by atoms with E-state index in [4.69, 9.17) is 8.83 Å². The van der Waals surface area contributed by atoms with Gasteiger partial charge in [0.25, 0.3) is 0 Å². The Morgan fingerprint density at radius 2 is 0.754 bits per heavy atom. The van der Waals surface area contributed by atoms with E-state index < -0.39 is 0 Å². The third-order valence-electron chi connectivity index (χ3n) is 11.1. The molecule has 3 nitrogen and oxygen atoms in total. The van der Waals surface area contributed by atoms with Crippen LogP contribution < -0.4 is 4.90 Å². The van der Waals surface area contributed by atoms with Crippen LogP contribution in [0.5, 0.6) is 0 Å². The molecule has 0 aliphatic rings. The van der Waals surface area contributed by atoms with Crippen molar-refractivity contribution in [3.8, 4) is 44.5 Å². The Hall–Kier alpha value is -7.62. The minimum Gasteiger partial charge on any atom is -0.456 e. The molecule has 0 spiro atoms. The summed E-state index contributed by atoms with van der Waals surface area (Å²) in [5.41, 5.74) is 15.7. The number of para-hydroxylation sites is 2. The molecule has 2 aromatic heterocycles. The molecule has 11 rings (SSSR count). The van der Waals surface area contributed by atoms with Crippen molar-refractivity contribution in [1.82, 2.24) is 0 Å². The van der Waals surface area contributed by atoms with Gasteiger partial charge >= 0.3 is 0 Å². The average molecular weight is 730 g/mol. The van der Waals surface area contributed by atoms with E-state index in [0.29, 0.717) is 0 Å². The lowest BCUT2D eigenvalue weighted by Crippen LogP contribution is -2.11. The minimum atomic E-state index is 0.844. The monoisotopic (exact) mass is 729 g/mol. The van der Waals surface area contributed by atoms with Crippen molar-refractivity contribution in [3.63, 3.8) is 0 Å². The highest BCUT2D eigenvalue weighted by Crippen LogP contribution is 2.48. The molecule has 0 amide bonds. The van der Waals surface area contributed by atoms with Crippen LogP contribution in [0.1, 0.15) is 0 Å². The normalized spacial score (nSPS) is 11.5. The van der Waals surface area contributed by atoms with Crippen LogP contribution in [0.4, 0.5) is 17.1 Å². The second-order valence-corrected chi connectivity index (χ2v) is 14.5. The van der Waals surface area contributed by atoms with Gasteiger partial charge in [-0.2, -0.15) is 0 Å². The number of fused-ring (bicyclic) bond motifs is 6. The average Bonchev–Trinajstić information content (AvgIpc) is 3.87. The van der Waals surface area contributed by atoms with Crippen LogP contribution >= 0.6 is 0 Å². The van der Waals surface area contributed by atoms with Crippen molar-refractivity contribution in [2.45, 2.75) is 0 Å². The van der Waals surface area contributed by atoms with Crippen LogP contribution in [0.15, 0.2) is 221 Å². The Labute approximate surface area is 330 Å². The second kappa shape index (κ2) is 13.6. The van der Waals surface area contributed by atoms with Crippen LogP contribution in [0.25, 0.3) is 88.4 Å². The first-order valence-electron chi connectivity index (χ1n) is 19.3. The summed E-state index contributed by atoms with van der Waals surface area (Å²) in [5.74, 6) is 0. The molecule has 0 aliphatic carbocycles. The maximum absolute atomic E-state index is 6.83. The molecule has 11 aromatic rings. The summed E-state index contributed by atoms with van der Waals surface area (Å²) in [6.07, 6.45) is 0. The Balaban J connectivity index is 1.09. The Morgan fingerprint density at radius 1 is 0.281 bits per heavy atom. The number of hydrogen-bond acceptors (Lipinski definition) is 3. The number of furan rings is 2. The van der Waals surface area contributed by atoms with E-state index in [2.05, 4.69) is 199 Å². The zero-order valence-corrected chi connectivity index (χ0v) is 31.0. The number of rotatable bonds is 7. The molecule has 268 valence electrons. The van der Waals surface area contributed by atoms with E-state index in [-0.39, 0.29) is 0 Å². The van der Waals surface area contributed by atoms with E-state index in [0.717, 1.165) is 88.8 Å². The van der Waals surface area contributed by atoms with E-state index >= 15 is 0 Å². The molecule has 3 heteroatoms.